The highest BCUT2D eigenvalue weighted by Crippen LogP contribution is 2.36. The molecule has 0 saturated heterocycles. The average molecular weight is 520 g/mol. The zero-order valence-electron chi connectivity index (χ0n) is 17.4. The number of halogens is 5. The highest BCUT2D eigenvalue weighted by atomic mass is 35.5. The Kier molecular flexibility index (Phi) is 7.48. The van der Waals surface area contributed by atoms with E-state index in [-0.39, 0.29) is 11.5 Å². The van der Waals surface area contributed by atoms with Crippen molar-refractivity contribution in [3.05, 3.63) is 59.4 Å². The van der Waals surface area contributed by atoms with Crippen LogP contribution in [-0.4, -0.2) is 30.7 Å². The Balaban J connectivity index is 1.99. The third-order valence-corrected chi connectivity index (χ3v) is 5.67. The monoisotopic (exact) mass is 519 g/mol. The first-order valence-corrected chi connectivity index (χ1v) is 11.4. The van der Waals surface area contributed by atoms with E-state index in [4.69, 9.17) is 21.5 Å². The van der Waals surface area contributed by atoms with Gasteiger partial charge in [-0.25, -0.2) is 27.9 Å². The lowest BCUT2D eigenvalue weighted by Gasteiger charge is -2.21. The van der Waals surface area contributed by atoms with E-state index in [0.717, 1.165) is 25.4 Å². The van der Waals surface area contributed by atoms with Gasteiger partial charge in [0.1, 0.15) is 30.4 Å². The molecular weight excluding hydrogens is 502 g/mol. The molecule has 0 aliphatic carbocycles. The second kappa shape index (κ2) is 9.99. The number of nitrogens with zero attached hydrogens (tertiary/aromatic N) is 2. The first-order chi connectivity index (χ1) is 15.9. The molecular formula is C20H18ClF4N5O3S. The van der Waals surface area contributed by atoms with Gasteiger partial charge in [0.2, 0.25) is 10.0 Å². The maximum atomic E-state index is 13.5. The maximum absolute atomic E-state index is 13.5. The number of hydrogen-bond acceptors (Lipinski definition) is 7. The second-order valence-corrected chi connectivity index (χ2v) is 8.95. The van der Waals surface area contributed by atoms with Gasteiger partial charge < -0.3 is 15.4 Å². The zero-order valence-corrected chi connectivity index (χ0v) is 19.0. The smallest absolute Gasteiger partial charge is 0.425 e. The fourth-order valence-corrected chi connectivity index (χ4v) is 3.62. The van der Waals surface area contributed by atoms with E-state index < -0.39 is 45.2 Å². The lowest BCUT2D eigenvalue weighted by molar-refractivity contribution is -0.189. The second-order valence-electron chi connectivity index (χ2n) is 6.98. The van der Waals surface area contributed by atoms with Gasteiger partial charge in [-0.05, 0) is 43.3 Å². The van der Waals surface area contributed by atoms with Crippen LogP contribution >= 0.6 is 11.6 Å². The van der Waals surface area contributed by atoms with E-state index in [0.29, 0.717) is 16.5 Å². The van der Waals surface area contributed by atoms with Crippen LogP contribution in [0.1, 0.15) is 12.5 Å². The SMILES string of the molecule is CC(Oc1cc(CF)c(S(N)(=O)=O)cc1Nc1cc(Nc2ccc(Cl)cc2)ncn1)C(F)(F)F. The minimum Gasteiger partial charge on any atom is -0.479 e. The first kappa shape index (κ1) is 25.5. The van der Waals surface area contributed by atoms with Crippen molar-refractivity contribution in [1.82, 2.24) is 9.97 Å². The third-order valence-electron chi connectivity index (χ3n) is 4.42. The summed E-state index contributed by atoms with van der Waals surface area (Å²) >= 11 is 5.85. The van der Waals surface area contributed by atoms with Gasteiger partial charge >= 0.3 is 6.18 Å². The van der Waals surface area contributed by atoms with Crippen molar-refractivity contribution in [2.75, 3.05) is 10.6 Å². The van der Waals surface area contributed by atoms with E-state index in [1.165, 1.54) is 6.07 Å². The van der Waals surface area contributed by atoms with Crippen molar-refractivity contribution in [1.29, 1.82) is 0 Å². The molecule has 1 unspecified atom stereocenters. The highest BCUT2D eigenvalue weighted by molar-refractivity contribution is 7.89. The van der Waals surface area contributed by atoms with Crippen LogP contribution < -0.4 is 20.5 Å². The normalized spacial score (nSPS) is 12.8. The molecule has 0 aliphatic rings. The van der Waals surface area contributed by atoms with Gasteiger partial charge in [-0.15, -0.1) is 0 Å². The predicted molar refractivity (Wildman–Crippen MR) is 119 cm³/mol. The molecule has 1 aromatic heterocycles. The number of alkyl halides is 4. The standard InChI is InChI=1S/C20H18ClF4N5O3S/c1-11(20(23,24)25)33-16-6-12(9-22)17(34(26,31)32)7-15(16)30-19-8-18(27-10-28-19)29-14-4-2-13(21)3-5-14/h2-8,10-11H,9H2,1H3,(H2,26,31,32)(H2,27,28,29,30). The summed E-state index contributed by atoms with van der Waals surface area (Å²) in [6.07, 6.45) is -5.83. The zero-order chi connectivity index (χ0) is 25.1. The Hall–Kier alpha value is -3.16. The Labute approximate surface area is 197 Å². The summed E-state index contributed by atoms with van der Waals surface area (Å²) in [5.41, 5.74) is -0.0421. The summed E-state index contributed by atoms with van der Waals surface area (Å²) in [7, 11) is -4.40. The molecule has 1 heterocycles. The van der Waals surface area contributed by atoms with Crippen LogP contribution in [0.3, 0.4) is 0 Å². The molecule has 0 radical (unpaired) electrons. The molecule has 14 heteroatoms. The largest absolute Gasteiger partial charge is 0.479 e. The van der Waals surface area contributed by atoms with Crippen LogP contribution in [0.2, 0.25) is 5.02 Å². The summed E-state index contributed by atoms with van der Waals surface area (Å²) in [6, 6.07) is 9.82. The Morgan fingerprint density at radius 2 is 1.71 bits per heavy atom. The topological polar surface area (TPSA) is 119 Å². The van der Waals surface area contributed by atoms with Gasteiger partial charge in [0, 0.05) is 22.3 Å². The van der Waals surface area contributed by atoms with Crippen molar-refractivity contribution in [2.45, 2.75) is 30.8 Å². The van der Waals surface area contributed by atoms with Gasteiger partial charge in [0.15, 0.2) is 6.10 Å². The number of rotatable bonds is 8. The van der Waals surface area contributed by atoms with Crippen molar-refractivity contribution in [3.63, 3.8) is 0 Å². The van der Waals surface area contributed by atoms with E-state index >= 15 is 0 Å². The number of ether oxygens (including phenoxy) is 1. The number of anilines is 4. The van der Waals surface area contributed by atoms with Gasteiger partial charge in [-0.3, -0.25) is 0 Å². The Morgan fingerprint density at radius 3 is 2.26 bits per heavy atom. The third kappa shape index (κ3) is 6.46. The summed E-state index contributed by atoms with van der Waals surface area (Å²) in [5.74, 6) is -0.0713. The fraction of sp³-hybridized carbons (Fsp3) is 0.200. The number of nitrogens with one attached hydrogen (secondary N) is 2. The van der Waals surface area contributed by atoms with Gasteiger partial charge in [-0.1, -0.05) is 11.6 Å². The molecule has 182 valence electrons. The first-order valence-electron chi connectivity index (χ1n) is 9.47. The van der Waals surface area contributed by atoms with Gasteiger partial charge in [0.25, 0.3) is 0 Å². The lowest BCUT2D eigenvalue weighted by atomic mass is 10.2. The van der Waals surface area contributed by atoms with E-state index in [2.05, 4.69) is 20.6 Å². The fourth-order valence-electron chi connectivity index (χ4n) is 2.74. The summed E-state index contributed by atoms with van der Waals surface area (Å²) < 4.78 is 81.4. The van der Waals surface area contributed by atoms with E-state index in [1.54, 1.807) is 24.3 Å². The molecule has 0 amide bonds. The van der Waals surface area contributed by atoms with Crippen LogP contribution in [0.5, 0.6) is 5.75 Å². The van der Waals surface area contributed by atoms with E-state index in [1.807, 2.05) is 0 Å². The maximum Gasteiger partial charge on any atom is 0.425 e. The van der Waals surface area contributed by atoms with Crippen LogP contribution in [0.25, 0.3) is 0 Å². The number of sulfonamides is 1. The molecule has 1 atom stereocenters. The number of nitrogens with two attached hydrogens (primary N) is 1. The van der Waals surface area contributed by atoms with Crippen molar-refractivity contribution in [3.8, 4) is 5.75 Å². The van der Waals surface area contributed by atoms with Crippen LogP contribution in [0.15, 0.2) is 53.7 Å². The molecule has 3 aromatic rings. The van der Waals surface area contributed by atoms with Crippen LogP contribution in [0.4, 0.5) is 40.6 Å². The van der Waals surface area contributed by atoms with Gasteiger partial charge in [-0.2, -0.15) is 13.2 Å². The lowest BCUT2D eigenvalue weighted by Crippen LogP contribution is -2.31. The van der Waals surface area contributed by atoms with Crippen molar-refractivity contribution in [2.24, 2.45) is 5.14 Å². The van der Waals surface area contributed by atoms with E-state index in [9.17, 15) is 26.0 Å². The molecule has 0 saturated carbocycles. The molecule has 8 nitrogen and oxygen atoms in total. The molecule has 0 fully saturated rings. The summed E-state index contributed by atoms with van der Waals surface area (Å²) in [6.45, 7) is -0.545. The minimum atomic E-state index is -4.73. The average Bonchev–Trinajstić information content (AvgIpc) is 2.75. The minimum absolute atomic E-state index is 0.0735. The molecule has 0 bridgehead atoms. The molecule has 3 rings (SSSR count). The Bertz CT molecular complexity index is 1270. The number of aromatic nitrogens is 2. The van der Waals surface area contributed by atoms with Crippen molar-refractivity contribution >= 4 is 44.6 Å². The van der Waals surface area contributed by atoms with Crippen LogP contribution in [-0.2, 0) is 16.7 Å². The van der Waals surface area contributed by atoms with Gasteiger partial charge in [0.05, 0.1) is 10.6 Å². The number of hydrogen-bond donors (Lipinski definition) is 3. The van der Waals surface area contributed by atoms with Crippen LogP contribution in [0, 0.1) is 0 Å². The Morgan fingerprint density at radius 1 is 1.09 bits per heavy atom. The predicted octanol–water partition coefficient (Wildman–Crippen LogP) is 5.06. The number of primary sulfonamides is 1. The molecule has 2 aromatic carbocycles. The summed E-state index contributed by atoms with van der Waals surface area (Å²) in [4.78, 5) is 7.41. The quantitative estimate of drug-likeness (QED) is 0.356. The molecule has 4 N–H and O–H groups in total. The molecule has 34 heavy (non-hydrogen) atoms. The molecule has 0 aliphatic heterocycles. The van der Waals surface area contributed by atoms with Crippen molar-refractivity contribution < 1.29 is 30.7 Å². The molecule has 0 spiro atoms. The summed E-state index contributed by atoms with van der Waals surface area (Å²) in [5, 5.41) is 11.3. The highest BCUT2D eigenvalue weighted by Gasteiger charge is 2.38. The number of benzene rings is 2.